The van der Waals surface area contributed by atoms with Crippen LogP contribution in [0.5, 0.6) is 0 Å². The highest BCUT2D eigenvalue weighted by atomic mass is 15.0. The number of nitriles is 1. The third kappa shape index (κ3) is 3.65. The fourth-order valence-electron chi connectivity index (χ4n) is 2.49. The second-order valence-corrected chi connectivity index (χ2v) is 5.48. The molecule has 4 heteroatoms. The van der Waals surface area contributed by atoms with Crippen LogP contribution in [-0.2, 0) is 6.54 Å². The van der Waals surface area contributed by atoms with Crippen molar-refractivity contribution < 1.29 is 0 Å². The van der Waals surface area contributed by atoms with Crippen LogP contribution in [-0.4, -0.2) is 9.55 Å². The summed E-state index contributed by atoms with van der Waals surface area (Å²) in [6, 6.07) is 18.5. The summed E-state index contributed by atoms with van der Waals surface area (Å²) >= 11 is 0. The first-order valence-electron chi connectivity index (χ1n) is 7.57. The van der Waals surface area contributed by atoms with Gasteiger partial charge in [-0.3, -0.25) is 0 Å². The van der Waals surface area contributed by atoms with Crippen LogP contribution in [0.3, 0.4) is 0 Å². The van der Waals surface area contributed by atoms with Crippen molar-refractivity contribution >= 4 is 0 Å². The minimum absolute atomic E-state index is 0.234. The first-order chi connectivity index (χ1) is 11.3. The van der Waals surface area contributed by atoms with Gasteiger partial charge >= 0.3 is 0 Å². The third-order valence-corrected chi connectivity index (χ3v) is 3.86. The van der Waals surface area contributed by atoms with Gasteiger partial charge in [0.15, 0.2) is 0 Å². The van der Waals surface area contributed by atoms with E-state index < -0.39 is 0 Å². The number of hydrogen-bond donors (Lipinski definition) is 1. The second kappa shape index (κ2) is 6.91. The predicted octanol–water partition coefficient (Wildman–Crippen LogP) is 3.59. The summed E-state index contributed by atoms with van der Waals surface area (Å²) in [6.45, 7) is 2.88. The van der Waals surface area contributed by atoms with Crippen LogP contribution >= 0.6 is 0 Å². The highest BCUT2D eigenvalue weighted by Gasteiger charge is 2.06. The fourth-order valence-corrected chi connectivity index (χ4v) is 2.49. The molecule has 2 aromatic carbocycles. The summed E-state index contributed by atoms with van der Waals surface area (Å²) in [5.74, 6) is 0. The van der Waals surface area contributed by atoms with Gasteiger partial charge in [-0.1, -0.05) is 24.3 Å². The van der Waals surface area contributed by atoms with E-state index in [2.05, 4.69) is 47.6 Å². The van der Waals surface area contributed by atoms with Crippen LogP contribution in [0, 0.1) is 11.3 Å². The lowest BCUT2D eigenvalue weighted by Gasteiger charge is -2.15. The zero-order valence-electron chi connectivity index (χ0n) is 13.0. The smallest absolute Gasteiger partial charge is 0.0991 e. The Kier molecular flexibility index (Phi) is 4.51. The van der Waals surface area contributed by atoms with Crippen molar-refractivity contribution in [3.05, 3.63) is 83.9 Å². The van der Waals surface area contributed by atoms with E-state index in [1.807, 2.05) is 35.0 Å². The Morgan fingerprint density at radius 1 is 1.22 bits per heavy atom. The Hall–Kier alpha value is -2.90. The largest absolute Gasteiger partial charge is 0.306 e. The van der Waals surface area contributed by atoms with E-state index in [1.54, 1.807) is 12.5 Å². The van der Waals surface area contributed by atoms with Gasteiger partial charge in [0, 0.05) is 30.7 Å². The highest BCUT2D eigenvalue weighted by molar-refractivity contribution is 5.36. The molecule has 0 radical (unpaired) electrons. The molecule has 0 fully saturated rings. The minimum Gasteiger partial charge on any atom is -0.306 e. The van der Waals surface area contributed by atoms with Crippen molar-refractivity contribution in [3.63, 3.8) is 0 Å². The summed E-state index contributed by atoms with van der Waals surface area (Å²) in [5, 5.41) is 12.4. The molecule has 114 valence electrons. The number of aromatic nitrogens is 2. The van der Waals surface area contributed by atoms with Gasteiger partial charge in [-0.2, -0.15) is 5.26 Å². The zero-order valence-corrected chi connectivity index (χ0v) is 13.0. The van der Waals surface area contributed by atoms with E-state index in [9.17, 15) is 0 Å². The summed E-state index contributed by atoms with van der Waals surface area (Å²) < 4.78 is 1.98. The molecule has 1 heterocycles. The third-order valence-electron chi connectivity index (χ3n) is 3.86. The molecule has 0 bridgehead atoms. The summed E-state index contributed by atoms with van der Waals surface area (Å²) in [4.78, 5) is 4.06. The summed E-state index contributed by atoms with van der Waals surface area (Å²) in [5.41, 5.74) is 4.14. The van der Waals surface area contributed by atoms with Gasteiger partial charge in [0.1, 0.15) is 0 Å². The molecular formula is C19H18N4. The average molecular weight is 302 g/mol. The molecule has 4 nitrogen and oxygen atoms in total. The van der Waals surface area contributed by atoms with Crippen molar-refractivity contribution in [2.24, 2.45) is 0 Å². The first kappa shape index (κ1) is 15.0. The zero-order chi connectivity index (χ0) is 16.1. The molecular weight excluding hydrogens is 284 g/mol. The Morgan fingerprint density at radius 3 is 2.74 bits per heavy atom. The lowest BCUT2D eigenvalue weighted by molar-refractivity contribution is 0.574. The lowest BCUT2D eigenvalue weighted by atomic mass is 10.1. The Bertz CT molecular complexity index is 798. The first-order valence-corrected chi connectivity index (χ1v) is 7.57. The van der Waals surface area contributed by atoms with Crippen molar-refractivity contribution in [2.45, 2.75) is 19.5 Å². The van der Waals surface area contributed by atoms with Crippen molar-refractivity contribution in [3.8, 4) is 11.8 Å². The summed E-state index contributed by atoms with van der Waals surface area (Å²) in [6.07, 6.45) is 5.49. The van der Waals surface area contributed by atoms with E-state index in [1.165, 1.54) is 5.56 Å². The minimum atomic E-state index is 0.234. The van der Waals surface area contributed by atoms with Gasteiger partial charge in [-0.25, -0.2) is 4.98 Å². The molecule has 0 aliphatic heterocycles. The van der Waals surface area contributed by atoms with Gasteiger partial charge in [0.2, 0.25) is 0 Å². The van der Waals surface area contributed by atoms with Gasteiger partial charge in [-0.05, 0) is 42.3 Å². The molecule has 1 atom stereocenters. The van der Waals surface area contributed by atoms with Crippen molar-refractivity contribution in [1.29, 1.82) is 5.26 Å². The lowest BCUT2D eigenvalue weighted by Crippen LogP contribution is -2.18. The average Bonchev–Trinajstić information content (AvgIpc) is 3.14. The van der Waals surface area contributed by atoms with Gasteiger partial charge in [0.05, 0.1) is 18.0 Å². The number of hydrogen-bond acceptors (Lipinski definition) is 3. The molecule has 3 rings (SSSR count). The quantitative estimate of drug-likeness (QED) is 0.783. The van der Waals surface area contributed by atoms with Crippen molar-refractivity contribution in [1.82, 2.24) is 14.9 Å². The predicted molar refractivity (Wildman–Crippen MR) is 90.0 cm³/mol. The van der Waals surface area contributed by atoms with Crippen LogP contribution in [0.15, 0.2) is 67.3 Å². The molecule has 23 heavy (non-hydrogen) atoms. The Balaban J connectivity index is 1.64. The molecule has 1 aromatic heterocycles. The number of benzene rings is 2. The summed E-state index contributed by atoms with van der Waals surface area (Å²) in [7, 11) is 0. The van der Waals surface area contributed by atoms with Crippen molar-refractivity contribution in [2.75, 3.05) is 0 Å². The maximum absolute atomic E-state index is 8.94. The Labute approximate surface area is 136 Å². The molecule has 0 aliphatic rings. The number of nitrogens with zero attached hydrogens (tertiary/aromatic N) is 3. The van der Waals surface area contributed by atoms with Crippen LogP contribution in [0.1, 0.15) is 29.7 Å². The normalized spacial score (nSPS) is 11.8. The molecule has 0 saturated carbocycles. The van der Waals surface area contributed by atoms with Gasteiger partial charge < -0.3 is 9.88 Å². The molecule has 0 amide bonds. The molecule has 0 saturated heterocycles. The fraction of sp³-hybridized carbons (Fsp3) is 0.158. The topological polar surface area (TPSA) is 53.6 Å². The molecule has 0 unspecified atom stereocenters. The number of nitrogens with one attached hydrogen (secondary N) is 1. The van der Waals surface area contributed by atoms with E-state index in [0.29, 0.717) is 5.56 Å². The van der Waals surface area contributed by atoms with E-state index in [-0.39, 0.29) is 6.04 Å². The van der Waals surface area contributed by atoms with Crippen LogP contribution in [0.2, 0.25) is 0 Å². The highest BCUT2D eigenvalue weighted by Crippen LogP contribution is 2.16. The molecule has 3 aromatic rings. The van der Waals surface area contributed by atoms with E-state index in [0.717, 1.165) is 17.8 Å². The van der Waals surface area contributed by atoms with E-state index in [4.69, 9.17) is 5.26 Å². The Morgan fingerprint density at radius 2 is 2.04 bits per heavy atom. The number of rotatable bonds is 5. The SMILES string of the molecule is C[C@@H](NCc1cccc(C#N)c1)c1ccc(-n2ccnc2)cc1. The molecule has 0 aliphatic carbocycles. The number of imidazole rings is 1. The van der Waals surface area contributed by atoms with Gasteiger partial charge in [0.25, 0.3) is 0 Å². The van der Waals surface area contributed by atoms with Crippen LogP contribution in [0.25, 0.3) is 5.69 Å². The maximum atomic E-state index is 8.94. The maximum Gasteiger partial charge on any atom is 0.0991 e. The second-order valence-electron chi connectivity index (χ2n) is 5.48. The van der Waals surface area contributed by atoms with E-state index >= 15 is 0 Å². The molecule has 1 N–H and O–H groups in total. The standard InChI is InChI=1S/C19H18N4/c1-15(22-13-17-4-2-3-16(11-17)12-20)18-5-7-19(8-6-18)23-10-9-21-14-23/h2-11,14-15,22H,13H2,1H3/t15-/m1/s1. The van der Waals surface area contributed by atoms with Crippen LogP contribution in [0.4, 0.5) is 0 Å². The monoisotopic (exact) mass is 302 g/mol. The van der Waals surface area contributed by atoms with Crippen LogP contribution < -0.4 is 5.32 Å². The van der Waals surface area contributed by atoms with Gasteiger partial charge in [-0.15, -0.1) is 0 Å². The molecule has 0 spiro atoms.